The van der Waals surface area contributed by atoms with Crippen LogP contribution in [0.1, 0.15) is 17.9 Å². The quantitative estimate of drug-likeness (QED) is 0.817. The molecule has 1 atom stereocenters. The lowest BCUT2D eigenvalue weighted by atomic mass is 9.92. The van der Waals surface area contributed by atoms with Gasteiger partial charge >= 0.3 is 0 Å². The SMILES string of the molecule is Nc1cc(NC(=O)C2CCOc3ccccc32)ccc1Br. The van der Waals surface area contributed by atoms with Crippen LogP contribution in [-0.4, -0.2) is 12.5 Å². The molecule has 0 aromatic heterocycles. The minimum Gasteiger partial charge on any atom is -0.493 e. The second kappa shape index (κ2) is 5.77. The van der Waals surface area contributed by atoms with Crippen LogP contribution in [0.5, 0.6) is 5.75 Å². The van der Waals surface area contributed by atoms with Gasteiger partial charge in [0.25, 0.3) is 0 Å². The van der Waals surface area contributed by atoms with E-state index in [1.165, 1.54) is 0 Å². The maximum Gasteiger partial charge on any atom is 0.232 e. The molecule has 1 aliphatic rings. The number of anilines is 2. The van der Waals surface area contributed by atoms with Crippen LogP contribution in [0.4, 0.5) is 11.4 Å². The number of fused-ring (bicyclic) bond motifs is 1. The smallest absolute Gasteiger partial charge is 0.232 e. The number of carbonyl (C=O) groups excluding carboxylic acids is 1. The minimum absolute atomic E-state index is 0.0347. The number of rotatable bonds is 2. The highest BCUT2D eigenvalue weighted by Gasteiger charge is 2.27. The number of carbonyl (C=O) groups is 1. The molecule has 2 aromatic rings. The van der Waals surface area contributed by atoms with Crippen LogP contribution >= 0.6 is 15.9 Å². The van der Waals surface area contributed by atoms with Crippen LogP contribution in [0.3, 0.4) is 0 Å². The number of ether oxygens (including phenoxy) is 1. The zero-order valence-electron chi connectivity index (χ0n) is 11.3. The van der Waals surface area contributed by atoms with Crippen LogP contribution in [-0.2, 0) is 4.79 Å². The third-order valence-electron chi connectivity index (χ3n) is 3.54. The van der Waals surface area contributed by atoms with Gasteiger partial charge in [-0.05, 0) is 46.6 Å². The van der Waals surface area contributed by atoms with E-state index in [0.717, 1.165) is 15.8 Å². The van der Waals surface area contributed by atoms with Crippen molar-refractivity contribution in [3.63, 3.8) is 0 Å². The Morgan fingerprint density at radius 1 is 1.29 bits per heavy atom. The van der Waals surface area contributed by atoms with Gasteiger partial charge in [-0.15, -0.1) is 0 Å². The van der Waals surface area contributed by atoms with Gasteiger partial charge in [0.05, 0.1) is 12.5 Å². The van der Waals surface area contributed by atoms with Crippen LogP contribution in [0, 0.1) is 0 Å². The molecule has 1 heterocycles. The summed E-state index contributed by atoms with van der Waals surface area (Å²) in [7, 11) is 0. The van der Waals surface area contributed by atoms with E-state index in [9.17, 15) is 4.79 Å². The monoisotopic (exact) mass is 346 g/mol. The Kier molecular flexibility index (Phi) is 3.84. The van der Waals surface area contributed by atoms with Gasteiger partial charge < -0.3 is 15.8 Å². The van der Waals surface area contributed by atoms with Crippen LogP contribution in [0.2, 0.25) is 0 Å². The van der Waals surface area contributed by atoms with E-state index in [-0.39, 0.29) is 11.8 Å². The number of nitrogen functional groups attached to an aromatic ring is 1. The number of nitrogens with one attached hydrogen (secondary N) is 1. The highest BCUT2D eigenvalue weighted by molar-refractivity contribution is 9.10. The largest absolute Gasteiger partial charge is 0.493 e. The fourth-order valence-corrected chi connectivity index (χ4v) is 2.71. The highest BCUT2D eigenvalue weighted by atomic mass is 79.9. The highest BCUT2D eigenvalue weighted by Crippen LogP contribution is 2.34. The number of para-hydroxylation sites is 1. The molecule has 3 rings (SSSR count). The first-order chi connectivity index (χ1) is 10.1. The summed E-state index contributed by atoms with van der Waals surface area (Å²) in [6.45, 7) is 0.553. The number of hydrogen-bond donors (Lipinski definition) is 2. The van der Waals surface area contributed by atoms with Crippen molar-refractivity contribution in [3.05, 3.63) is 52.5 Å². The molecule has 1 amide bonds. The molecule has 0 radical (unpaired) electrons. The maximum absolute atomic E-state index is 12.5. The Bertz CT molecular complexity index is 688. The Balaban J connectivity index is 1.81. The van der Waals surface area contributed by atoms with Crippen molar-refractivity contribution in [1.82, 2.24) is 0 Å². The predicted molar refractivity (Wildman–Crippen MR) is 86.5 cm³/mol. The molecule has 0 fully saturated rings. The van der Waals surface area contributed by atoms with Gasteiger partial charge in [-0.2, -0.15) is 0 Å². The third-order valence-corrected chi connectivity index (χ3v) is 4.26. The molecule has 0 bridgehead atoms. The van der Waals surface area contributed by atoms with Crippen molar-refractivity contribution in [2.75, 3.05) is 17.7 Å². The Morgan fingerprint density at radius 2 is 2.10 bits per heavy atom. The summed E-state index contributed by atoms with van der Waals surface area (Å²) in [5, 5.41) is 2.93. The third kappa shape index (κ3) is 2.88. The van der Waals surface area contributed by atoms with E-state index < -0.39 is 0 Å². The van der Waals surface area contributed by atoms with Gasteiger partial charge in [0, 0.05) is 21.4 Å². The standard InChI is InChI=1S/C16H15BrN2O2/c17-13-6-5-10(9-14(13)18)19-16(20)12-7-8-21-15-4-2-1-3-11(12)15/h1-6,9,12H,7-8,18H2,(H,19,20). The first kappa shape index (κ1) is 13.9. The van der Waals surface area contributed by atoms with Crippen molar-refractivity contribution in [3.8, 4) is 5.75 Å². The van der Waals surface area contributed by atoms with E-state index in [1.54, 1.807) is 6.07 Å². The average Bonchev–Trinajstić information content (AvgIpc) is 2.50. The zero-order chi connectivity index (χ0) is 14.8. The van der Waals surface area contributed by atoms with Gasteiger partial charge in [-0.25, -0.2) is 0 Å². The second-order valence-corrected chi connectivity index (χ2v) is 5.81. The van der Waals surface area contributed by atoms with Gasteiger partial charge in [0.1, 0.15) is 5.75 Å². The molecule has 108 valence electrons. The molecular weight excluding hydrogens is 332 g/mol. The molecule has 4 nitrogen and oxygen atoms in total. The molecule has 0 aliphatic carbocycles. The van der Waals surface area contributed by atoms with Crippen molar-refractivity contribution in [2.45, 2.75) is 12.3 Å². The molecule has 5 heteroatoms. The number of amides is 1. The summed E-state index contributed by atoms with van der Waals surface area (Å²) >= 11 is 3.34. The molecule has 1 aliphatic heterocycles. The molecule has 0 spiro atoms. The maximum atomic E-state index is 12.5. The van der Waals surface area contributed by atoms with E-state index in [0.29, 0.717) is 24.4 Å². The van der Waals surface area contributed by atoms with Crippen molar-refractivity contribution in [2.24, 2.45) is 0 Å². The summed E-state index contributed by atoms with van der Waals surface area (Å²) in [6.07, 6.45) is 0.675. The van der Waals surface area contributed by atoms with Crippen molar-refractivity contribution < 1.29 is 9.53 Å². The van der Waals surface area contributed by atoms with E-state index in [1.807, 2.05) is 36.4 Å². The average molecular weight is 347 g/mol. The summed E-state index contributed by atoms with van der Waals surface area (Å²) < 4.78 is 6.40. The van der Waals surface area contributed by atoms with E-state index in [4.69, 9.17) is 10.5 Å². The summed E-state index contributed by atoms with van der Waals surface area (Å²) in [6, 6.07) is 13.1. The molecule has 21 heavy (non-hydrogen) atoms. The zero-order valence-corrected chi connectivity index (χ0v) is 12.9. The lowest BCUT2D eigenvalue weighted by molar-refractivity contribution is -0.118. The summed E-state index contributed by atoms with van der Waals surface area (Å²) in [5.41, 5.74) is 8.07. The first-order valence-electron chi connectivity index (χ1n) is 6.73. The fourth-order valence-electron chi connectivity index (χ4n) is 2.47. The van der Waals surface area contributed by atoms with Gasteiger partial charge in [-0.1, -0.05) is 18.2 Å². The van der Waals surface area contributed by atoms with E-state index >= 15 is 0 Å². The van der Waals surface area contributed by atoms with Crippen LogP contribution in [0.15, 0.2) is 46.9 Å². The number of hydrogen-bond acceptors (Lipinski definition) is 3. The first-order valence-corrected chi connectivity index (χ1v) is 7.52. The van der Waals surface area contributed by atoms with Gasteiger partial charge in [0.2, 0.25) is 5.91 Å². The fraction of sp³-hybridized carbons (Fsp3) is 0.188. The Morgan fingerprint density at radius 3 is 2.90 bits per heavy atom. The number of nitrogens with two attached hydrogens (primary N) is 1. The molecule has 2 aromatic carbocycles. The summed E-state index contributed by atoms with van der Waals surface area (Å²) in [4.78, 5) is 12.5. The summed E-state index contributed by atoms with van der Waals surface area (Å²) in [5.74, 6) is 0.562. The number of halogens is 1. The minimum atomic E-state index is -0.195. The normalized spacial score (nSPS) is 16.7. The predicted octanol–water partition coefficient (Wildman–Crippen LogP) is 3.54. The molecule has 1 unspecified atom stereocenters. The van der Waals surface area contributed by atoms with Crippen LogP contribution in [0.25, 0.3) is 0 Å². The molecular formula is C16H15BrN2O2. The van der Waals surface area contributed by atoms with Gasteiger partial charge in [0.15, 0.2) is 0 Å². The molecule has 0 saturated heterocycles. The van der Waals surface area contributed by atoms with Gasteiger partial charge in [-0.3, -0.25) is 4.79 Å². The molecule has 3 N–H and O–H groups in total. The van der Waals surface area contributed by atoms with Crippen molar-refractivity contribution in [1.29, 1.82) is 0 Å². The Labute approximate surface area is 131 Å². The van der Waals surface area contributed by atoms with E-state index in [2.05, 4.69) is 21.2 Å². The topological polar surface area (TPSA) is 64.3 Å². The number of benzene rings is 2. The lowest BCUT2D eigenvalue weighted by Gasteiger charge is -2.25. The van der Waals surface area contributed by atoms with Crippen LogP contribution < -0.4 is 15.8 Å². The Hall–Kier alpha value is -2.01. The second-order valence-electron chi connectivity index (χ2n) is 4.95. The molecule has 0 saturated carbocycles. The van der Waals surface area contributed by atoms with Crippen molar-refractivity contribution >= 4 is 33.2 Å². The lowest BCUT2D eigenvalue weighted by Crippen LogP contribution is -2.26.